The maximum Gasteiger partial charge on any atom is 0.403 e. The second-order valence-electron chi connectivity index (χ2n) is 10.9. The van der Waals surface area contributed by atoms with E-state index >= 15 is 0 Å². The molecule has 4 rings (SSSR count). The zero-order chi connectivity index (χ0) is 28.2. The maximum atomic E-state index is 14.0. The molecule has 1 saturated carbocycles. The van der Waals surface area contributed by atoms with Crippen LogP contribution in [0.25, 0.3) is 0 Å². The monoisotopic (exact) mass is 554 g/mol. The van der Waals surface area contributed by atoms with Gasteiger partial charge in [-0.1, -0.05) is 6.07 Å². The Bertz CT molecular complexity index is 1050. The number of hydrogen-bond acceptors (Lipinski definition) is 6. The summed E-state index contributed by atoms with van der Waals surface area (Å²) in [6.07, 6.45) is -0.584. The number of ether oxygens (including phenoxy) is 1. The fourth-order valence-corrected chi connectivity index (χ4v) is 5.66. The summed E-state index contributed by atoms with van der Waals surface area (Å²) in [5.74, 6) is -1.68. The minimum Gasteiger partial charge on any atom is -0.480 e. The number of nitrogens with one attached hydrogen (secondary N) is 2. The van der Waals surface area contributed by atoms with Crippen molar-refractivity contribution in [1.29, 1.82) is 0 Å². The molecule has 2 amide bonds. The van der Waals surface area contributed by atoms with Gasteiger partial charge in [0, 0.05) is 45.3 Å². The highest BCUT2D eigenvalue weighted by molar-refractivity contribution is 5.88. The number of carboxylic acid groups (broad SMARTS) is 1. The van der Waals surface area contributed by atoms with E-state index in [1.165, 1.54) is 17.4 Å². The van der Waals surface area contributed by atoms with Crippen LogP contribution < -0.4 is 10.6 Å². The molecule has 1 aromatic heterocycles. The van der Waals surface area contributed by atoms with Gasteiger partial charge >= 0.3 is 12.1 Å². The fourth-order valence-electron chi connectivity index (χ4n) is 5.66. The molecule has 0 radical (unpaired) electrons. The number of nitrogens with zero attached hydrogens (tertiary/aromatic N) is 2. The van der Waals surface area contributed by atoms with E-state index in [-0.39, 0.29) is 38.1 Å². The van der Waals surface area contributed by atoms with Gasteiger partial charge in [0.15, 0.2) is 0 Å². The number of pyridine rings is 1. The second-order valence-corrected chi connectivity index (χ2v) is 10.9. The first-order chi connectivity index (χ1) is 18.5. The minimum absolute atomic E-state index is 0.0177. The number of aromatic nitrogens is 1. The standard InChI is InChI=1S/C27H37F3N4O5/c1-17(35)34-12-9-26(10-13-34,27(28,29)30)25(38)33-22(24(36)37)8-14-39-21-15-18(16-21)4-6-20-7-5-19-3-2-11-31-23(19)32-20/h5,7,18,21-22H,2-4,6,8-16H2,1H3,(H,31,32)(H,33,38)(H,36,37)/t18?,21?,22-/m0/s1. The van der Waals surface area contributed by atoms with Gasteiger partial charge in [0.2, 0.25) is 11.8 Å². The molecule has 1 atom stereocenters. The van der Waals surface area contributed by atoms with Crippen LogP contribution in [0.4, 0.5) is 19.0 Å². The third-order valence-electron chi connectivity index (χ3n) is 8.36. The number of likely N-dealkylation sites (tertiary alicyclic amines) is 1. The molecule has 9 nitrogen and oxygen atoms in total. The number of carbonyl (C=O) groups excluding carboxylic acids is 2. The van der Waals surface area contributed by atoms with Gasteiger partial charge in [-0.2, -0.15) is 13.2 Å². The summed E-state index contributed by atoms with van der Waals surface area (Å²) in [6, 6.07) is 2.72. The molecule has 2 aliphatic heterocycles. The zero-order valence-corrected chi connectivity index (χ0v) is 22.2. The smallest absolute Gasteiger partial charge is 0.403 e. The van der Waals surface area contributed by atoms with Crippen molar-refractivity contribution in [3.05, 3.63) is 23.4 Å². The van der Waals surface area contributed by atoms with E-state index in [2.05, 4.69) is 22.8 Å². The number of rotatable bonds is 10. The van der Waals surface area contributed by atoms with Gasteiger partial charge in [-0.3, -0.25) is 9.59 Å². The Hall–Kier alpha value is -2.89. The lowest BCUT2D eigenvalue weighted by atomic mass is 9.76. The number of piperidine rings is 1. The predicted octanol–water partition coefficient (Wildman–Crippen LogP) is 3.32. The SMILES string of the molecule is CC(=O)N1CCC(C(=O)N[C@@H](CCOC2CC(CCc3ccc4c(n3)NCCC4)C2)C(=O)O)(C(F)(F)F)CC1. The van der Waals surface area contributed by atoms with Gasteiger partial charge in [-0.05, 0) is 68.9 Å². The molecule has 12 heteroatoms. The van der Waals surface area contributed by atoms with Crippen molar-refractivity contribution < 1.29 is 37.4 Å². The van der Waals surface area contributed by atoms with Crippen LogP contribution in [0.5, 0.6) is 0 Å². The minimum atomic E-state index is -4.87. The molecule has 0 aromatic carbocycles. The lowest BCUT2D eigenvalue weighted by Gasteiger charge is -2.41. The largest absolute Gasteiger partial charge is 0.480 e. The van der Waals surface area contributed by atoms with E-state index < -0.39 is 42.4 Å². The Morgan fingerprint density at radius 1 is 1.26 bits per heavy atom. The van der Waals surface area contributed by atoms with Crippen LogP contribution in [0.2, 0.25) is 0 Å². The van der Waals surface area contributed by atoms with Crippen molar-refractivity contribution in [2.45, 2.75) is 83.0 Å². The van der Waals surface area contributed by atoms with Crippen molar-refractivity contribution >= 4 is 23.6 Å². The van der Waals surface area contributed by atoms with Gasteiger partial charge < -0.3 is 25.4 Å². The number of fused-ring (bicyclic) bond motifs is 1. The Morgan fingerprint density at radius 3 is 2.62 bits per heavy atom. The number of amides is 2. The molecule has 39 heavy (non-hydrogen) atoms. The highest BCUT2D eigenvalue weighted by Gasteiger charge is 2.61. The second kappa shape index (κ2) is 12.1. The molecular weight excluding hydrogens is 517 g/mol. The summed E-state index contributed by atoms with van der Waals surface area (Å²) in [7, 11) is 0. The molecule has 3 aliphatic rings. The molecule has 1 aliphatic carbocycles. The van der Waals surface area contributed by atoms with Crippen LogP contribution in [0, 0.1) is 11.3 Å². The summed E-state index contributed by atoms with van der Waals surface area (Å²) in [4.78, 5) is 42.0. The average molecular weight is 555 g/mol. The van der Waals surface area contributed by atoms with Crippen molar-refractivity contribution in [2.24, 2.45) is 11.3 Å². The van der Waals surface area contributed by atoms with Crippen molar-refractivity contribution in [3.63, 3.8) is 0 Å². The van der Waals surface area contributed by atoms with E-state index in [0.29, 0.717) is 5.92 Å². The molecule has 0 spiro atoms. The highest BCUT2D eigenvalue weighted by atomic mass is 19.4. The molecule has 2 fully saturated rings. The summed E-state index contributed by atoms with van der Waals surface area (Å²) in [6.45, 7) is 1.79. The number of aryl methyl sites for hydroxylation is 2. The molecule has 0 unspecified atom stereocenters. The van der Waals surface area contributed by atoms with E-state index in [1.807, 2.05) is 0 Å². The number of halogens is 3. The van der Waals surface area contributed by atoms with Gasteiger partial charge in [0.1, 0.15) is 17.3 Å². The van der Waals surface area contributed by atoms with Crippen LogP contribution in [0.15, 0.2) is 12.1 Å². The van der Waals surface area contributed by atoms with Crippen LogP contribution in [-0.2, 0) is 32.0 Å². The van der Waals surface area contributed by atoms with Gasteiger partial charge in [0.25, 0.3) is 0 Å². The third kappa shape index (κ3) is 6.82. The molecule has 1 saturated heterocycles. The van der Waals surface area contributed by atoms with Crippen molar-refractivity contribution in [3.8, 4) is 0 Å². The number of aliphatic carboxylic acids is 1. The summed E-state index contributed by atoms with van der Waals surface area (Å²) in [5, 5.41) is 15.0. The molecule has 1 aromatic rings. The lowest BCUT2D eigenvalue weighted by Crippen LogP contribution is -2.59. The Kier molecular flexibility index (Phi) is 9.03. The topological polar surface area (TPSA) is 121 Å². The van der Waals surface area contributed by atoms with E-state index in [4.69, 9.17) is 9.72 Å². The van der Waals surface area contributed by atoms with Crippen LogP contribution >= 0.6 is 0 Å². The molecule has 3 N–H and O–H groups in total. The van der Waals surface area contributed by atoms with Crippen LogP contribution in [0.1, 0.15) is 63.1 Å². The number of anilines is 1. The highest BCUT2D eigenvalue weighted by Crippen LogP contribution is 2.46. The van der Waals surface area contributed by atoms with E-state index in [1.54, 1.807) is 0 Å². The molecule has 3 heterocycles. The van der Waals surface area contributed by atoms with E-state index in [0.717, 1.165) is 56.6 Å². The molecule has 0 bridgehead atoms. The lowest BCUT2D eigenvalue weighted by molar-refractivity contribution is -0.233. The number of carbonyl (C=O) groups is 3. The first kappa shape index (κ1) is 29.1. The van der Waals surface area contributed by atoms with Gasteiger partial charge in [0.05, 0.1) is 6.10 Å². The number of hydrogen-bond donors (Lipinski definition) is 3. The summed E-state index contributed by atoms with van der Waals surface area (Å²) < 4.78 is 47.7. The maximum absolute atomic E-state index is 14.0. The van der Waals surface area contributed by atoms with Crippen LogP contribution in [-0.4, -0.2) is 77.3 Å². The quantitative estimate of drug-likeness (QED) is 0.406. The summed E-state index contributed by atoms with van der Waals surface area (Å²) in [5.41, 5.74) is -0.418. The number of carboxylic acids is 1. The Labute approximate surface area is 225 Å². The first-order valence-corrected chi connectivity index (χ1v) is 13.7. The Balaban J connectivity index is 1.20. The zero-order valence-electron chi connectivity index (χ0n) is 22.2. The normalized spacial score (nSPS) is 23.1. The van der Waals surface area contributed by atoms with Gasteiger partial charge in [-0.25, -0.2) is 9.78 Å². The fraction of sp³-hybridized carbons (Fsp3) is 0.704. The predicted molar refractivity (Wildman–Crippen MR) is 136 cm³/mol. The van der Waals surface area contributed by atoms with Crippen molar-refractivity contribution in [1.82, 2.24) is 15.2 Å². The first-order valence-electron chi connectivity index (χ1n) is 13.7. The van der Waals surface area contributed by atoms with Crippen molar-refractivity contribution in [2.75, 3.05) is 31.6 Å². The average Bonchev–Trinajstić information content (AvgIpc) is 2.87. The third-order valence-corrected chi connectivity index (χ3v) is 8.36. The molecule has 216 valence electrons. The van der Waals surface area contributed by atoms with E-state index in [9.17, 15) is 32.7 Å². The van der Waals surface area contributed by atoms with Gasteiger partial charge in [-0.15, -0.1) is 0 Å². The number of alkyl halides is 3. The Morgan fingerprint density at radius 2 is 1.97 bits per heavy atom. The van der Waals surface area contributed by atoms with Crippen LogP contribution in [0.3, 0.4) is 0 Å². The summed E-state index contributed by atoms with van der Waals surface area (Å²) >= 11 is 0. The molecular formula is C27H37F3N4O5.